The monoisotopic (exact) mass is 403 g/mol. The number of hydrogen-bond acceptors (Lipinski definition) is 2. The normalized spacial score (nSPS) is 11.9. The van der Waals surface area contributed by atoms with Crippen LogP contribution in [0.4, 0.5) is 5.69 Å². The Morgan fingerprint density at radius 2 is 2.36 bits per heavy atom. The van der Waals surface area contributed by atoms with Crippen LogP contribution in [0, 0.1) is 0 Å². The number of fused-ring (bicyclic) bond motifs is 1. The third-order valence-corrected chi connectivity index (χ3v) is 4.93. The van der Waals surface area contributed by atoms with E-state index >= 15 is 0 Å². The minimum atomic E-state index is 0.553. The smallest absolute Gasteiger partial charge is 0.0757 e. The van der Waals surface area contributed by atoms with Crippen LogP contribution in [0.3, 0.4) is 0 Å². The molecule has 1 unspecified atom stereocenters. The molecule has 2 rings (SSSR count). The van der Waals surface area contributed by atoms with E-state index < -0.39 is 0 Å². The second-order valence-corrected chi connectivity index (χ2v) is 5.90. The zero-order valence-corrected chi connectivity index (χ0v) is 12.3. The molecule has 2 aromatic rings. The van der Waals surface area contributed by atoms with Crippen LogP contribution in [0.5, 0.6) is 0 Å². The van der Waals surface area contributed by atoms with Crippen molar-refractivity contribution in [2.24, 2.45) is 0 Å². The first-order valence-electron chi connectivity index (χ1n) is 3.63. The van der Waals surface area contributed by atoms with Gasteiger partial charge in [-0.25, -0.2) is 4.45 Å². The van der Waals surface area contributed by atoms with Crippen molar-refractivity contribution in [3.05, 3.63) is 21.8 Å². The Balaban J connectivity index is 2.86. The Kier molecular flexibility index (Phi) is 3.21. The van der Waals surface area contributed by atoms with Crippen molar-refractivity contribution in [1.82, 2.24) is 9.55 Å². The highest BCUT2D eigenvalue weighted by Crippen LogP contribution is 2.38. The molecule has 0 saturated heterocycles. The van der Waals surface area contributed by atoms with E-state index in [9.17, 15) is 0 Å². The van der Waals surface area contributed by atoms with Gasteiger partial charge in [-0.3, -0.25) is 0 Å². The lowest BCUT2D eigenvalue weighted by molar-refractivity contribution is 1.04. The predicted octanol–water partition coefficient (Wildman–Crippen LogP) is 3.83. The summed E-state index contributed by atoms with van der Waals surface area (Å²) in [6.07, 6.45) is 2.34. The van der Waals surface area contributed by atoms with Crippen molar-refractivity contribution >= 4 is 72.5 Å². The number of hydrogen-bond donors (Lipinski definition) is 1. The first-order valence-corrected chi connectivity index (χ1v) is 8.86. The van der Waals surface area contributed by atoms with E-state index in [1.807, 2.05) is 10.5 Å². The average molecular weight is 404 g/mol. The zero-order valence-electron chi connectivity index (χ0n) is 6.76. The quantitative estimate of drug-likeness (QED) is 0.446. The summed E-state index contributed by atoms with van der Waals surface area (Å²) in [5.41, 5.74) is 7.35. The van der Waals surface area contributed by atoms with Crippen molar-refractivity contribution in [3.63, 3.8) is 0 Å². The van der Waals surface area contributed by atoms with Gasteiger partial charge in [-0.2, -0.15) is 5.10 Å². The van der Waals surface area contributed by atoms with Gasteiger partial charge >= 0.3 is 0 Å². The van der Waals surface area contributed by atoms with Crippen LogP contribution >= 0.6 is 55.9 Å². The van der Waals surface area contributed by atoms with Crippen molar-refractivity contribution < 1.29 is 0 Å². The zero-order chi connectivity index (χ0) is 10.3. The summed E-state index contributed by atoms with van der Waals surface area (Å²) < 4.78 is 2.72. The van der Waals surface area contributed by atoms with E-state index in [1.165, 1.54) is 0 Å². The van der Waals surface area contributed by atoms with Gasteiger partial charge in [0.1, 0.15) is 0 Å². The molecular formula is C7H5BrClIN3P. The number of nitrogens with zero attached hydrogens (tertiary/aromatic N) is 2. The van der Waals surface area contributed by atoms with Crippen LogP contribution in [0.25, 0.3) is 10.9 Å². The number of nitrogens with two attached hydrogens (primary N) is 1. The summed E-state index contributed by atoms with van der Waals surface area (Å²) in [4.78, 5) is 0. The van der Waals surface area contributed by atoms with Gasteiger partial charge in [0.2, 0.25) is 0 Å². The van der Waals surface area contributed by atoms with E-state index in [-0.39, 0.29) is 0 Å². The van der Waals surface area contributed by atoms with E-state index in [2.05, 4.69) is 43.1 Å². The molecule has 0 amide bonds. The standard InChI is InChI=1S/C7H5BrClIN3P/c8-6-3-2-12-13(14-10)5(3)1-4(9)7(6)11/h1-2,14H,11H2. The fraction of sp³-hybridized carbons (Fsp3) is 0. The molecule has 0 radical (unpaired) electrons. The van der Waals surface area contributed by atoms with Gasteiger partial charge in [0.25, 0.3) is 0 Å². The predicted molar refractivity (Wildman–Crippen MR) is 74.6 cm³/mol. The molecule has 1 aromatic carbocycles. The summed E-state index contributed by atoms with van der Waals surface area (Å²) in [6.45, 7) is 0. The molecule has 1 atom stereocenters. The minimum Gasteiger partial charge on any atom is -0.397 e. The van der Waals surface area contributed by atoms with Crippen LogP contribution in [0.1, 0.15) is 0 Å². The van der Waals surface area contributed by atoms with Crippen LogP contribution in [0.15, 0.2) is 16.7 Å². The maximum Gasteiger partial charge on any atom is 0.0757 e. The van der Waals surface area contributed by atoms with Gasteiger partial charge in [-0.1, -0.05) is 11.6 Å². The van der Waals surface area contributed by atoms with Crippen LogP contribution in [-0.4, -0.2) is 9.55 Å². The molecule has 0 fully saturated rings. The maximum absolute atomic E-state index is 5.98. The largest absolute Gasteiger partial charge is 0.397 e. The van der Waals surface area contributed by atoms with E-state index in [4.69, 9.17) is 17.3 Å². The molecule has 0 bridgehead atoms. The lowest BCUT2D eigenvalue weighted by Gasteiger charge is -2.03. The van der Waals surface area contributed by atoms with E-state index in [0.717, 1.165) is 15.4 Å². The number of halogens is 3. The molecule has 1 aromatic heterocycles. The highest BCUT2D eigenvalue weighted by Gasteiger charge is 2.11. The Morgan fingerprint density at radius 1 is 1.64 bits per heavy atom. The summed E-state index contributed by atoms with van der Waals surface area (Å²) in [6, 6.07) is 1.84. The molecule has 0 aliphatic heterocycles. The summed E-state index contributed by atoms with van der Waals surface area (Å²) in [5.74, 6) is 0. The Bertz CT molecular complexity index is 501. The summed E-state index contributed by atoms with van der Waals surface area (Å²) in [5, 5.41) is 5.79. The molecule has 0 spiro atoms. The summed E-state index contributed by atoms with van der Waals surface area (Å²) >= 11 is 11.7. The molecule has 7 heteroatoms. The molecule has 0 saturated carbocycles. The maximum atomic E-state index is 5.98. The number of nitrogen functional groups attached to an aromatic ring is 1. The van der Waals surface area contributed by atoms with Crippen LogP contribution in [0.2, 0.25) is 5.02 Å². The topological polar surface area (TPSA) is 43.8 Å². The molecule has 0 aliphatic rings. The van der Waals surface area contributed by atoms with E-state index in [0.29, 0.717) is 17.1 Å². The number of aromatic nitrogens is 2. The SMILES string of the molecule is Nc1c(Cl)cc2c(cnn2PI)c1Br. The van der Waals surface area contributed by atoms with E-state index in [1.54, 1.807) is 6.20 Å². The van der Waals surface area contributed by atoms with Gasteiger partial charge in [-0.05, 0) is 44.0 Å². The second kappa shape index (κ2) is 4.12. The average Bonchev–Trinajstić information content (AvgIpc) is 2.57. The van der Waals surface area contributed by atoms with Gasteiger partial charge in [0.15, 0.2) is 0 Å². The highest BCUT2D eigenvalue weighted by molar-refractivity contribution is 14.2. The van der Waals surface area contributed by atoms with Gasteiger partial charge in [0.05, 0.1) is 33.3 Å². The molecule has 1 heterocycles. The number of benzene rings is 1. The molecular weight excluding hydrogens is 399 g/mol. The molecule has 74 valence electrons. The van der Waals surface area contributed by atoms with Crippen molar-refractivity contribution in [3.8, 4) is 0 Å². The van der Waals surface area contributed by atoms with Gasteiger partial charge in [-0.15, -0.1) is 0 Å². The Labute approximate surface area is 109 Å². The van der Waals surface area contributed by atoms with Crippen LogP contribution < -0.4 is 5.73 Å². The fourth-order valence-electron chi connectivity index (χ4n) is 1.18. The lowest BCUT2D eigenvalue weighted by atomic mass is 10.2. The third-order valence-electron chi connectivity index (χ3n) is 1.88. The molecule has 2 N–H and O–H groups in total. The fourth-order valence-corrected chi connectivity index (χ4v) is 3.54. The van der Waals surface area contributed by atoms with Crippen molar-refractivity contribution in [1.29, 1.82) is 0 Å². The molecule has 0 aliphatic carbocycles. The van der Waals surface area contributed by atoms with Gasteiger partial charge in [0, 0.05) is 5.39 Å². The lowest BCUT2D eigenvalue weighted by Crippen LogP contribution is -1.89. The summed E-state index contributed by atoms with van der Waals surface area (Å²) in [7, 11) is 0. The molecule has 3 nitrogen and oxygen atoms in total. The van der Waals surface area contributed by atoms with Crippen molar-refractivity contribution in [2.45, 2.75) is 0 Å². The highest BCUT2D eigenvalue weighted by atomic mass is 127. The van der Waals surface area contributed by atoms with Crippen LogP contribution in [-0.2, 0) is 0 Å². The van der Waals surface area contributed by atoms with Crippen molar-refractivity contribution in [2.75, 3.05) is 5.73 Å². The first kappa shape index (κ1) is 10.9. The second-order valence-electron chi connectivity index (χ2n) is 2.66. The molecule has 14 heavy (non-hydrogen) atoms. The first-order chi connectivity index (χ1) is 6.65. The minimum absolute atomic E-state index is 0.553. The Morgan fingerprint density at radius 3 is 3.00 bits per heavy atom. The Hall–Kier alpha value is 0.420. The number of anilines is 1. The number of rotatable bonds is 1. The third kappa shape index (κ3) is 1.64. The van der Waals surface area contributed by atoms with Gasteiger partial charge < -0.3 is 5.73 Å².